The Kier molecular flexibility index (Phi) is 3.77. The Labute approximate surface area is 141 Å². The molecule has 0 aromatic carbocycles. The highest BCUT2D eigenvalue weighted by atomic mass is 19.4. The zero-order chi connectivity index (χ0) is 19.4. The van der Waals surface area contributed by atoms with Crippen LogP contribution in [-0.2, 0) is 26.4 Å². The van der Waals surface area contributed by atoms with Gasteiger partial charge in [0.05, 0.1) is 11.3 Å². The van der Waals surface area contributed by atoms with Gasteiger partial charge >= 0.3 is 12.4 Å². The number of hydrogen-bond acceptors (Lipinski definition) is 4. The summed E-state index contributed by atoms with van der Waals surface area (Å²) in [6, 6.07) is 1.85. The summed E-state index contributed by atoms with van der Waals surface area (Å²) in [4.78, 5) is 0. The van der Waals surface area contributed by atoms with E-state index in [0.29, 0.717) is 10.7 Å². The van der Waals surface area contributed by atoms with Crippen molar-refractivity contribution < 1.29 is 26.3 Å². The van der Waals surface area contributed by atoms with Gasteiger partial charge in [0.1, 0.15) is 5.82 Å². The van der Waals surface area contributed by atoms with Crippen LogP contribution in [0.2, 0.25) is 0 Å². The second kappa shape index (κ2) is 5.51. The van der Waals surface area contributed by atoms with Gasteiger partial charge in [-0.3, -0.25) is 9.36 Å². The summed E-state index contributed by atoms with van der Waals surface area (Å²) in [6.07, 6.45) is -8.32. The average Bonchev–Trinajstić information content (AvgIpc) is 3.15. The third-order valence-corrected chi connectivity index (χ3v) is 3.53. The Balaban J connectivity index is 2.27. The van der Waals surface area contributed by atoms with Crippen LogP contribution in [0.5, 0.6) is 0 Å². The van der Waals surface area contributed by atoms with E-state index in [0.717, 1.165) is 11.7 Å². The first-order valence-electron chi connectivity index (χ1n) is 6.97. The molecule has 0 atom stereocenters. The lowest BCUT2D eigenvalue weighted by Gasteiger charge is -2.06. The third kappa shape index (κ3) is 2.88. The zero-order valence-corrected chi connectivity index (χ0v) is 13.3. The molecule has 13 heteroatoms. The summed E-state index contributed by atoms with van der Waals surface area (Å²) in [7, 11) is 2.62. The maximum absolute atomic E-state index is 13.4. The van der Waals surface area contributed by atoms with Gasteiger partial charge in [-0.25, -0.2) is 0 Å². The van der Waals surface area contributed by atoms with Crippen LogP contribution in [-0.4, -0.2) is 29.3 Å². The molecule has 0 spiro atoms. The van der Waals surface area contributed by atoms with Gasteiger partial charge < -0.3 is 5.73 Å². The minimum Gasteiger partial charge on any atom is -0.383 e. The number of aromatic nitrogens is 6. The SMILES string of the molecule is Cn1ccc(-n2nc(C(F)(F)F)c(-c3cc(C(F)(F)F)nn3C)c2N)n1. The summed E-state index contributed by atoms with van der Waals surface area (Å²) in [6.45, 7) is 0. The molecule has 0 aliphatic heterocycles. The smallest absolute Gasteiger partial charge is 0.383 e. The molecule has 7 nitrogen and oxygen atoms in total. The molecule has 2 N–H and O–H groups in total. The van der Waals surface area contributed by atoms with Gasteiger partial charge in [0.25, 0.3) is 0 Å². The Morgan fingerprint density at radius 1 is 0.962 bits per heavy atom. The minimum atomic E-state index is -4.95. The van der Waals surface area contributed by atoms with E-state index in [4.69, 9.17) is 5.73 Å². The fourth-order valence-electron chi connectivity index (χ4n) is 2.41. The molecule has 0 amide bonds. The van der Waals surface area contributed by atoms with Gasteiger partial charge in [0.15, 0.2) is 17.2 Å². The Morgan fingerprint density at radius 3 is 2.08 bits per heavy atom. The number of nitrogen functional groups attached to an aromatic ring is 1. The van der Waals surface area contributed by atoms with Crippen molar-refractivity contribution in [3.05, 3.63) is 29.7 Å². The first-order chi connectivity index (χ1) is 11.9. The molecule has 140 valence electrons. The fourth-order valence-corrected chi connectivity index (χ4v) is 2.41. The molecule has 0 fully saturated rings. The van der Waals surface area contributed by atoms with Crippen molar-refractivity contribution in [2.45, 2.75) is 12.4 Å². The predicted octanol–water partition coefficient (Wildman–Crippen LogP) is 2.63. The maximum atomic E-state index is 13.4. The van der Waals surface area contributed by atoms with Crippen molar-refractivity contribution in [2.75, 3.05) is 5.73 Å². The van der Waals surface area contributed by atoms with Crippen LogP contribution in [0.3, 0.4) is 0 Å². The Hall–Kier alpha value is -2.99. The number of nitrogens with two attached hydrogens (primary N) is 1. The lowest BCUT2D eigenvalue weighted by atomic mass is 10.1. The van der Waals surface area contributed by atoms with Gasteiger partial charge in [-0.15, -0.1) is 0 Å². The van der Waals surface area contributed by atoms with E-state index in [1.54, 1.807) is 0 Å². The summed E-state index contributed by atoms with van der Waals surface area (Å²) in [5.41, 5.74) is 1.85. The lowest BCUT2D eigenvalue weighted by Crippen LogP contribution is -2.09. The van der Waals surface area contributed by atoms with Gasteiger partial charge in [-0.1, -0.05) is 0 Å². The number of hydrogen-bond donors (Lipinski definition) is 1. The van der Waals surface area contributed by atoms with Gasteiger partial charge in [0.2, 0.25) is 0 Å². The van der Waals surface area contributed by atoms with Crippen LogP contribution >= 0.6 is 0 Å². The van der Waals surface area contributed by atoms with E-state index in [-0.39, 0.29) is 5.82 Å². The van der Waals surface area contributed by atoms with E-state index < -0.39 is 40.8 Å². The molecule has 0 bridgehead atoms. The second-order valence-corrected chi connectivity index (χ2v) is 5.40. The quantitative estimate of drug-likeness (QED) is 0.695. The Morgan fingerprint density at radius 2 is 1.62 bits per heavy atom. The van der Waals surface area contributed by atoms with E-state index >= 15 is 0 Å². The van der Waals surface area contributed by atoms with Crippen LogP contribution < -0.4 is 5.73 Å². The maximum Gasteiger partial charge on any atom is 0.435 e. The number of anilines is 1. The van der Waals surface area contributed by atoms with Crippen LogP contribution in [0.1, 0.15) is 11.4 Å². The number of aryl methyl sites for hydroxylation is 2. The zero-order valence-electron chi connectivity index (χ0n) is 13.3. The third-order valence-electron chi connectivity index (χ3n) is 3.53. The first kappa shape index (κ1) is 17.8. The second-order valence-electron chi connectivity index (χ2n) is 5.40. The molecule has 3 rings (SSSR count). The van der Waals surface area contributed by atoms with Crippen molar-refractivity contribution in [3.8, 4) is 17.1 Å². The summed E-state index contributed by atoms with van der Waals surface area (Å²) in [5, 5.41) is 10.5. The minimum absolute atomic E-state index is 0.0139. The van der Waals surface area contributed by atoms with Gasteiger partial charge in [0, 0.05) is 26.4 Å². The number of alkyl halides is 6. The summed E-state index contributed by atoms with van der Waals surface area (Å²) < 4.78 is 81.5. The number of rotatable bonds is 2. The molecule has 3 aromatic heterocycles. The molecule has 0 radical (unpaired) electrons. The van der Waals surface area contributed by atoms with Gasteiger partial charge in [-0.2, -0.15) is 46.3 Å². The molecule has 26 heavy (non-hydrogen) atoms. The summed E-state index contributed by atoms with van der Waals surface area (Å²) >= 11 is 0. The lowest BCUT2D eigenvalue weighted by molar-refractivity contribution is -0.141. The predicted molar refractivity (Wildman–Crippen MR) is 76.9 cm³/mol. The van der Waals surface area contributed by atoms with Crippen LogP contribution in [0.25, 0.3) is 17.1 Å². The average molecular weight is 379 g/mol. The molecule has 0 aliphatic carbocycles. The Bertz CT molecular complexity index is 959. The molecule has 3 heterocycles. The molecular weight excluding hydrogens is 368 g/mol. The molecule has 0 saturated heterocycles. The van der Waals surface area contributed by atoms with Gasteiger partial charge in [-0.05, 0) is 6.07 Å². The monoisotopic (exact) mass is 379 g/mol. The van der Waals surface area contributed by atoms with Crippen molar-refractivity contribution in [1.82, 2.24) is 29.3 Å². The van der Waals surface area contributed by atoms with Crippen LogP contribution in [0, 0.1) is 0 Å². The highest BCUT2D eigenvalue weighted by Gasteiger charge is 2.42. The van der Waals surface area contributed by atoms with Crippen LogP contribution in [0.15, 0.2) is 18.3 Å². The highest BCUT2D eigenvalue weighted by molar-refractivity contribution is 5.76. The molecule has 0 saturated carbocycles. The van der Waals surface area contributed by atoms with E-state index in [2.05, 4.69) is 15.3 Å². The standard InChI is InChI=1S/C13H11F6N7/c1-24-4-3-8(22-24)26-11(20)9(10(23-26)13(17,18)19)6-5-7(12(14,15)16)21-25(6)2/h3-5H,20H2,1-2H3. The van der Waals surface area contributed by atoms with Crippen molar-refractivity contribution in [1.29, 1.82) is 0 Å². The number of halogens is 6. The molecule has 0 aliphatic rings. The number of nitrogens with zero attached hydrogens (tertiary/aromatic N) is 6. The van der Waals surface area contributed by atoms with E-state index in [1.165, 1.54) is 24.0 Å². The summed E-state index contributed by atoms with van der Waals surface area (Å²) in [5.74, 6) is -0.521. The highest BCUT2D eigenvalue weighted by Crippen LogP contribution is 2.41. The van der Waals surface area contributed by atoms with E-state index in [1.807, 2.05) is 0 Å². The first-order valence-corrected chi connectivity index (χ1v) is 6.97. The molecule has 3 aromatic rings. The largest absolute Gasteiger partial charge is 0.435 e. The van der Waals surface area contributed by atoms with Crippen LogP contribution in [0.4, 0.5) is 32.2 Å². The van der Waals surface area contributed by atoms with Crippen molar-refractivity contribution >= 4 is 5.82 Å². The van der Waals surface area contributed by atoms with Crippen molar-refractivity contribution in [3.63, 3.8) is 0 Å². The van der Waals surface area contributed by atoms with E-state index in [9.17, 15) is 26.3 Å². The normalized spacial score (nSPS) is 12.8. The fraction of sp³-hybridized carbons (Fsp3) is 0.308. The topological polar surface area (TPSA) is 79.5 Å². The molecular formula is C13H11F6N7. The van der Waals surface area contributed by atoms with Crippen molar-refractivity contribution in [2.24, 2.45) is 14.1 Å². The molecule has 0 unspecified atom stereocenters.